The van der Waals surface area contributed by atoms with Gasteiger partial charge in [-0.3, -0.25) is 0 Å². The molecule has 2 N–H and O–H groups in total. The molecule has 4 nitrogen and oxygen atoms in total. The molecule has 1 rings (SSSR count). The molecule has 1 aromatic heterocycles. The summed E-state index contributed by atoms with van der Waals surface area (Å²) < 4.78 is 0. The fourth-order valence-corrected chi connectivity index (χ4v) is 1.71. The molecule has 4 heteroatoms. The zero-order chi connectivity index (χ0) is 12.1. The molecule has 90 valence electrons. The van der Waals surface area contributed by atoms with Crippen molar-refractivity contribution in [2.45, 2.75) is 40.5 Å². The third-order valence-corrected chi connectivity index (χ3v) is 2.73. The minimum absolute atomic E-state index is 0.595. The predicted octanol–water partition coefficient (Wildman–Crippen LogP) is 2.30. The number of rotatable bonds is 5. The van der Waals surface area contributed by atoms with Crippen LogP contribution in [0.1, 0.15) is 38.1 Å². The summed E-state index contributed by atoms with van der Waals surface area (Å²) in [7, 11) is 0. The topological polar surface area (TPSA) is 55.0 Å². The Hall–Kier alpha value is -1.32. The van der Waals surface area contributed by atoms with Gasteiger partial charge in [0.1, 0.15) is 17.5 Å². The molecule has 0 aliphatic heterocycles. The van der Waals surface area contributed by atoms with E-state index in [2.05, 4.69) is 28.7 Å². The fraction of sp³-hybridized carbons (Fsp3) is 0.667. The molecular formula is C12H22N4. The normalized spacial score (nSPS) is 10.5. The van der Waals surface area contributed by atoms with Crippen molar-refractivity contribution in [3.8, 4) is 0 Å². The van der Waals surface area contributed by atoms with Crippen molar-refractivity contribution >= 4 is 11.6 Å². The second-order valence-corrected chi connectivity index (χ2v) is 4.04. The van der Waals surface area contributed by atoms with Crippen LogP contribution in [0.2, 0.25) is 0 Å². The van der Waals surface area contributed by atoms with E-state index in [-0.39, 0.29) is 0 Å². The largest absolute Gasteiger partial charge is 0.383 e. The SMILES string of the molecule is CCCCN(CC)c1nc(C)nc(N)c1C. The molecule has 1 heterocycles. The summed E-state index contributed by atoms with van der Waals surface area (Å²) in [6, 6.07) is 0. The van der Waals surface area contributed by atoms with E-state index in [1.807, 2.05) is 13.8 Å². The summed E-state index contributed by atoms with van der Waals surface area (Å²) in [5.41, 5.74) is 6.85. The van der Waals surface area contributed by atoms with Gasteiger partial charge in [-0.1, -0.05) is 13.3 Å². The summed E-state index contributed by atoms with van der Waals surface area (Å²) in [5.74, 6) is 2.33. The van der Waals surface area contributed by atoms with E-state index >= 15 is 0 Å². The van der Waals surface area contributed by atoms with Crippen LogP contribution in [0.4, 0.5) is 11.6 Å². The van der Waals surface area contributed by atoms with E-state index in [1.54, 1.807) is 0 Å². The van der Waals surface area contributed by atoms with Crippen LogP contribution in [0.15, 0.2) is 0 Å². The maximum Gasteiger partial charge on any atom is 0.137 e. The average Bonchev–Trinajstić information content (AvgIpc) is 2.25. The van der Waals surface area contributed by atoms with Crippen LogP contribution in [0.5, 0.6) is 0 Å². The van der Waals surface area contributed by atoms with Gasteiger partial charge in [-0.05, 0) is 27.2 Å². The summed E-state index contributed by atoms with van der Waals surface area (Å²) in [5, 5.41) is 0. The highest BCUT2D eigenvalue weighted by atomic mass is 15.2. The number of hydrogen-bond acceptors (Lipinski definition) is 4. The summed E-state index contributed by atoms with van der Waals surface area (Å²) >= 11 is 0. The van der Waals surface area contributed by atoms with Crippen LogP contribution >= 0.6 is 0 Å². The second kappa shape index (κ2) is 5.68. The maximum atomic E-state index is 5.86. The monoisotopic (exact) mass is 222 g/mol. The lowest BCUT2D eigenvalue weighted by Gasteiger charge is -2.24. The Morgan fingerprint density at radius 3 is 2.44 bits per heavy atom. The molecule has 0 atom stereocenters. The van der Waals surface area contributed by atoms with E-state index in [0.29, 0.717) is 5.82 Å². The van der Waals surface area contributed by atoms with Gasteiger partial charge in [-0.15, -0.1) is 0 Å². The van der Waals surface area contributed by atoms with E-state index in [9.17, 15) is 0 Å². The van der Waals surface area contributed by atoms with Crippen LogP contribution in [0, 0.1) is 13.8 Å². The van der Waals surface area contributed by atoms with E-state index in [4.69, 9.17) is 5.73 Å². The van der Waals surface area contributed by atoms with Gasteiger partial charge in [0.2, 0.25) is 0 Å². The molecule has 0 saturated heterocycles. The third kappa shape index (κ3) is 2.84. The molecule has 1 aromatic rings. The Balaban J connectivity index is 2.99. The number of nitrogens with two attached hydrogens (primary N) is 1. The molecule has 0 radical (unpaired) electrons. The summed E-state index contributed by atoms with van der Waals surface area (Å²) in [6.07, 6.45) is 2.37. The molecule has 0 amide bonds. The highest BCUT2D eigenvalue weighted by molar-refractivity contribution is 5.56. The van der Waals surface area contributed by atoms with Crippen molar-refractivity contribution < 1.29 is 0 Å². The third-order valence-electron chi connectivity index (χ3n) is 2.73. The van der Waals surface area contributed by atoms with Gasteiger partial charge < -0.3 is 10.6 Å². The van der Waals surface area contributed by atoms with Crippen LogP contribution in [0.25, 0.3) is 0 Å². The molecule has 0 aliphatic carbocycles. The number of anilines is 2. The van der Waals surface area contributed by atoms with Crippen LogP contribution < -0.4 is 10.6 Å². The lowest BCUT2D eigenvalue weighted by molar-refractivity contribution is 0.719. The smallest absolute Gasteiger partial charge is 0.137 e. The van der Waals surface area contributed by atoms with Gasteiger partial charge in [0.05, 0.1) is 0 Å². The van der Waals surface area contributed by atoms with Crippen molar-refractivity contribution in [1.29, 1.82) is 0 Å². The van der Waals surface area contributed by atoms with Crippen molar-refractivity contribution in [2.75, 3.05) is 23.7 Å². The number of unbranched alkanes of at least 4 members (excludes halogenated alkanes) is 1. The molecular weight excluding hydrogens is 200 g/mol. The zero-order valence-electron chi connectivity index (χ0n) is 10.7. The minimum Gasteiger partial charge on any atom is -0.383 e. The number of nitrogen functional groups attached to an aromatic ring is 1. The van der Waals surface area contributed by atoms with Crippen molar-refractivity contribution in [3.05, 3.63) is 11.4 Å². The van der Waals surface area contributed by atoms with E-state index in [0.717, 1.165) is 30.3 Å². The predicted molar refractivity (Wildman–Crippen MR) is 68.7 cm³/mol. The van der Waals surface area contributed by atoms with Crippen LogP contribution in [0.3, 0.4) is 0 Å². The van der Waals surface area contributed by atoms with Gasteiger partial charge in [0, 0.05) is 18.7 Å². The van der Waals surface area contributed by atoms with Gasteiger partial charge in [-0.25, -0.2) is 9.97 Å². The Morgan fingerprint density at radius 1 is 1.19 bits per heavy atom. The lowest BCUT2D eigenvalue weighted by atomic mass is 10.2. The second-order valence-electron chi connectivity index (χ2n) is 4.04. The number of hydrogen-bond donors (Lipinski definition) is 1. The summed E-state index contributed by atoms with van der Waals surface area (Å²) in [4.78, 5) is 10.9. The first-order chi connectivity index (χ1) is 7.60. The molecule has 0 aromatic carbocycles. The zero-order valence-corrected chi connectivity index (χ0v) is 10.7. The first-order valence-electron chi connectivity index (χ1n) is 5.95. The molecule has 16 heavy (non-hydrogen) atoms. The van der Waals surface area contributed by atoms with Crippen molar-refractivity contribution in [1.82, 2.24) is 9.97 Å². The van der Waals surface area contributed by atoms with Crippen molar-refractivity contribution in [2.24, 2.45) is 0 Å². The number of nitrogens with zero attached hydrogens (tertiary/aromatic N) is 3. The highest BCUT2D eigenvalue weighted by Gasteiger charge is 2.12. The molecule has 0 fully saturated rings. The molecule has 0 unspecified atom stereocenters. The van der Waals surface area contributed by atoms with Gasteiger partial charge in [0.25, 0.3) is 0 Å². The Morgan fingerprint density at radius 2 is 1.88 bits per heavy atom. The molecule has 0 aliphatic rings. The molecule has 0 bridgehead atoms. The Bertz CT molecular complexity index is 349. The van der Waals surface area contributed by atoms with Crippen LogP contribution in [-0.4, -0.2) is 23.1 Å². The maximum absolute atomic E-state index is 5.86. The minimum atomic E-state index is 0.595. The Kier molecular flexibility index (Phi) is 4.52. The van der Waals surface area contributed by atoms with Gasteiger partial charge in [-0.2, -0.15) is 0 Å². The van der Waals surface area contributed by atoms with E-state index in [1.165, 1.54) is 12.8 Å². The fourth-order valence-electron chi connectivity index (χ4n) is 1.71. The number of aromatic nitrogens is 2. The van der Waals surface area contributed by atoms with Gasteiger partial charge in [0.15, 0.2) is 0 Å². The quantitative estimate of drug-likeness (QED) is 0.830. The summed E-state index contributed by atoms with van der Waals surface area (Å²) in [6.45, 7) is 10.2. The first kappa shape index (κ1) is 12.7. The number of aryl methyl sites for hydroxylation is 1. The van der Waals surface area contributed by atoms with Crippen LogP contribution in [-0.2, 0) is 0 Å². The lowest BCUT2D eigenvalue weighted by Crippen LogP contribution is -2.26. The average molecular weight is 222 g/mol. The molecule has 0 saturated carbocycles. The molecule has 0 spiro atoms. The van der Waals surface area contributed by atoms with Crippen molar-refractivity contribution in [3.63, 3.8) is 0 Å². The van der Waals surface area contributed by atoms with Gasteiger partial charge >= 0.3 is 0 Å². The Labute approximate surface area is 97.9 Å². The highest BCUT2D eigenvalue weighted by Crippen LogP contribution is 2.21. The standard InChI is InChI=1S/C12H22N4/c1-5-7-8-16(6-2)12-9(3)11(13)14-10(4)15-12/h5-8H2,1-4H3,(H2,13,14,15). The van der Waals surface area contributed by atoms with E-state index < -0.39 is 0 Å². The first-order valence-corrected chi connectivity index (χ1v) is 5.95.